The highest BCUT2D eigenvalue weighted by molar-refractivity contribution is 6.19. The van der Waals surface area contributed by atoms with Gasteiger partial charge in [-0.1, -0.05) is 358 Å². The van der Waals surface area contributed by atoms with Gasteiger partial charge in [-0.3, -0.25) is 4.98 Å². The quantitative estimate of drug-likeness (QED) is 0.125. The first-order chi connectivity index (χ1) is 63.9. The van der Waals surface area contributed by atoms with E-state index < -0.39 is 0 Å². The summed E-state index contributed by atoms with van der Waals surface area (Å²) in [5.74, 6) is 0.727. The van der Waals surface area contributed by atoms with E-state index in [0.29, 0.717) is 0 Å². The predicted octanol–water partition coefficient (Wildman–Crippen LogP) is 32.4. The molecule has 129 heavy (non-hydrogen) atoms. The third-order valence-corrected chi connectivity index (χ3v) is 24.9. The van der Waals surface area contributed by atoms with Crippen LogP contribution in [0, 0.1) is 0 Å². The van der Waals surface area contributed by atoms with Crippen molar-refractivity contribution in [3.8, 4) is 123 Å². The van der Waals surface area contributed by atoms with Crippen molar-refractivity contribution in [3.63, 3.8) is 0 Å². The van der Waals surface area contributed by atoms with Crippen LogP contribution in [0.5, 0.6) is 0 Å². The molecule has 0 amide bonds. The summed E-state index contributed by atoms with van der Waals surface area (Å²) >= 11 is 0. The van der Waals surface area contributed by atoms with Gasteiger partial charge < -0.3 is 13.3 Å². The van der Waals surface area contributed by atoms with Crippen LogP contribution < -0.4 is 0 Å². The molecule has 0 saturated carbocycles. The molecule has 0 atom stereocenters. The van der Waals surface area contributed by atoms with E-state index in [1.807, 2.05) is 128 Å². The number of fused-ring (bicyclic) bond motifs is 15. The number of pyridine rings is 2. The molecule has 0 aliphatic rings. The molecule has 602 valence electrons. The highest BCUT2D eigenvalue weighted by atomic mass is 16.3. The van der Waals surface area contributed by atoms with E-state index in [0.717, 1.165) is 205 Å². The van der Waals surface area contributed by atoms with Crippen molar-refractivity contribution in [1.82, 2.24) is 29.9 Å². The van der Waals surface area contributed by atoms with E-state index in [1.54, 1.807) is 0 Å². The van der Waals surface area contributed by atoms with Gasteiger partial charge in [0.25, 0.3) is 0 Å². The normalized spacial score (nSPS) is 11.6. The Morgan fingerprint density at radius 1 is 0.163 bits per heavy atom. The van der Waals surface area contributed by atoms with Gasteiger partial charge in [0.2, 0.25) is 0 Å². The lowest BCUT2D eigenvalue weighted by Gasteiger charge is -2.14. The number of benzene rings is 19. The lowest BCUT2D eigenvalue weighted by atomic mass is 9.90. The largest absolute Gasteiger partial charge is 0.456 e. The minimum Gasteiger partial charge on any atom is -0.456 e. The summed E-state index contributed by atoms with van der Waals surface area (Å²) in [5, 5.41) is 16.0. The number of hydrogen-bond acceptors (Lipinski definition) is 9. The highest BCUT2D eigenvalue weighted by Crippen LogP contribution is 2.47. The van der Waals surface area contributed by atoms with E-state index in [-0.39, 0.29) is 0 Å². The van der Waals surface area contributed by atoms with Gasteiger partial charge in [0.1, 0.15) is 33.5 Å². The monoisotopic (exact) mass is 1650 g/mol. The molecular formula is C120H74N6O3. The molecule has 0 saturated heterocycles. The SMILES string of the molecule is c1ccc(-c2nc(-c3ccccc3)c3ccc(-c4ccc(-c5cccc6oc7ccccc7c56)cc4)cc3n2)cc1.c1ccc(-c2nc3ccc(-c4ccc(-c5cccc6oc7ccccc7c56)c5ccccc45)cc3nc2-c2ccccc2)cc1.c1ccc2cc(-c3nc(-c4ccc(-c5cccc6oc7ccccc7c56)c5ccccc45)cc4ncccc34)ccc2c1. The third kappa shape index (κ3) is 13.7. The Bertz CT molecular complexity index is 8870. The fourth-order valence-electron chi connectivity index (χ4n) is 18.8. The van der Waals surface area contributed by atoms with Crippen LogP contribution in [-0.4, -0.2) is 29.9 Å². The van der Waals surface area contributed by atoms with E-state index in [2.05, 4.69) is 322 Å². The second-order valence-electron chi connectivity index (χ2n) is 32.5. The minimum atomic E-state index is 0.727. The number of aromatic nitrogens is 6. The van der Waals surface area contributed by atoms with Crippen LogP contribution in [0.3, 0.4) is 0 Å². The maximum atomic E-state index is 6.23. The Labute approximate surface area is 741 Å². The first-order valence-corrected chi connectivity index (χ1v) is 43.4. The van der Waals surface area contributed by atoms with Crippen LogP contribution in [-0.2, 0) is 0 Å². The Balaban J connectivity index is 0.000000108. The van der Waals surface area contributed by atoms with Crippen molar-refractivity contribution in [2.45, 2.75) is 0 Å². The lowest BCUT2D eigenvalue weighted by Crippen LogP contribution is -1.96. The maximum Gasteiger partial charge on any atom is 0.160 e. The van der Waals surface area contributed by atoms with E-state index in [1.165, 1.54) is 49.2 Å². The summed E-state index contributed by atoms with van der Waals surface area (Å²) in [4.78, 5) is 30.5. The summed E-state index contributed by atoms with van der Waals surface area (Å²) in [6.07, 6.45) is 1.85. The Morgan fingerprint density at radius 3 is 1.15 bits per heavy atom. The molecule has 9 nitrogen and oxygen atoms in total. The molecule has 26 aromatic rings. The molecule has 7 heterocycles. The molecule has 26 rings (SSSR count). The number of para-hydroxylation sites is 3. The number of furan rings is 3. The van der Waals surface area contributed by atoms with Crippen molar-refractivity contribution in [2.75, 3.05) is 0 Å². The molecule has 0 unspecified atom stereocenters. The topological polar surface area (TPSA) is 117 Å². The molecule has 9 heteroatoms. The number of hydrogen-bond donors (Lipinski definition) is 0. The molecule has 0 N–H and O–H groups in total. The van der Waals surface area contributed by atoms with Gasteiger partial charge in [-0.15, -0.1) is 0 Å². The molecule has 0 aliphatic carbocycles. The van der Waals surface area contributed by atoms with Crippen molar-refractivity contribution >= 4 is 131 Å². The van der Waals surface area contributed by atoms with Gasteiger partial charge >= 0.3 is 0 Å². The van der Waals surface area contributed by atoms with Gasteiger partial charge in [0.05, 0.1) is 50.5 Å². The van der Waals surface area contributed by atoms with Gasteiger partial charge in [-0.25, -0.2) is 24.9 Å². The molecule has 0 radical (unpaired) electrons. The third-order valence-electron chi connectivity index (χ3n) is 24.9. The van der Waals surface area contributed by atoms with Gasteiger partial charge in [-0.2, -0.15) is 0 Å². The van der Waals surface area contributed by atoms with Crippen LogP contribution in [0.2, 0.25) is 0 Å². The summed E-state index contributed by atoms with van der Waals surface area (Å²) in [5.41, 5.74) is 31.5. The zero-order valence-electron chi connectivity index (χ0n) is 69.6. The van der Waals surface area contributed by atoms with E-state index in [4.69, 9.17) is 43.2 Å². The molecule has 0 spiro atoms. The first-order valence-electron chi connectivity index (χ1n) is 43.4. The zero-order valence-corrected chi connectivity index (χ0v) is 69.6. The average Bonchev–Trinajstić information content (AvgIpc) is 1.73. The summed E-state index contributed by atoms with van der Waals surface area (Å²) in [6, 6.07) is 154. The van der Waals surface area contributed by atoms with Crippen LogP contribution in [0.1, 0.15) is 0 Å². The maximum absolute atomic E-state index is 6.23. The second kappa shape index (κ2) is 32.0. The zero-order chi connectivity index (χ0) is 85.2. The van der Waals surface area contributed by atoms with Crippen LogP contribution in [0.4, 0.5) is 0 Å². The Hall–Kier alpha value is -17.4. The van der Waals surface area contributed by atoms with Crippen LogP contribution in [0.25, 0.3) is 254 Å². The first kappa shape index (κ1) is 75.4. The minimum absolute atomic E-state index is 0.727. The van der Waals surface area contributed by atoms with Crippen molar-refractivity contribution in [1.29, 1.82) is 0 Å². The van der Waals surface area contributed by atoms with Crippen molar-refractivity contribution in [2.24, 2.45) is 0 Å². The van der Waals surface area contributed by atoms with Crippen molar-refractivity contribution < 1.29 is 13.3 Å². The smallest absolute Gasteiger partial charge is 0.160 e. The summed E-state index contributed by atoms with van der Waals surface area (Å²) < 4.78 is 18.6. The fraction of sp³-hybridized carbons (Fsp3) is 0. The fourth-order valence-corrected chi connectivity index (χ4v) is 18.8. The van der Waals surface area contributed by atoms with E-state index in [9.17, 15) is 0 Å². The molecule has 7 aromatic heterocycles. The van der Waals surface area contributed by atoms with E-state index >= 15 is 0 Å². The lowest BCUT2D eigenvalue weighted by molar-refractivity contribution is 0.668. The van der Waals surface area contributed by atoms with Crippen LogP contribution >= 0.6 is 0 Å². The standard InChI is InChI=1S/C42H26N2O.C40H24N2O.C38H24N2O/c1-3-12-27(13-4-1)41-42(28-14-5-2-6-15-28)44-37-26-29(22-25-36(37)43-41)30-23-24-33(32-17-8-7-16-31(30)32)34-19-11-21-39-40(34)35-18-9-10-20-38(35)45-39;1-2-10-26-23-27(19-18-25(26)9-1)40-33-15-8-22-41-35(33)24-36(42-40)31-21-20-30(28-11-3-4-12-29(28)31)32-14-7-17-38-39(32)34-13-5-6-16-37(34)43-38;1-3-10-27(11-4-1)37-31-23-22-29(24-33(31)39-38(40-37)28-12-5-2-6-13-28)25-18-20-26(21-19-25)30-15-9-17-35-36(30)32-14-7-8-16-34(32)41-35/h1-26H;1-24H;1-24H. The average molecular weight is 1650 g/mol. The molecule has 19 aromatic carbocycles. The predicted molar refractivity (Wildman–Crippen MR) is 533 cm³/mol. The van der Waals surface area contributed by atoms with Crippen LogP contribution in [0.15, 0.2) is 462 Å². The number of nitrogens with zero attached hydrogens (tertiary/aromatic N) is 6. The molecular weight excluding hydrogens is 1570 g/mol. The second-order valence-corrected chi connectivity index (χ2v) is 32.5. The molecule has 0 aliphatic heterocycles. The summed E-state index contributed by atoms with van der Waals surface area (Å²) in [7, 11) is 0. The van der Waals surface area contributed by atoms with Gasteiger partial charge in [0, 0.05) is 82.7 Å². The molecule has 0 fully saturated rings. The highest BCUT2D eigenvalue weighted by Gasteiger charge is 2.23. The Kier molecular flexibility index (Phi) is 18.7. The number of rotatable bonds is 11. The van der Waals surface area contributed by atoms with Gasteiger partial charge in [0.15, 0.2) is 5.82 Å². The van der Waals surface area contributed by atoms with Gasteiger partial charge in [-0.05, 0) is 173 Å². The Morgan fingerprint density at radius 2 is 0.566 bits per heavy atom. The summed E-state index contributed by atoms with van der Waals surface area (Å²) in [6.45, 7) is 0. The van der Waals surface area contributed by atoms with Crippen molar-refractivity contribution in [3.05, 3.63) is 449 Å². The molecule has 0 bridgehead atoms.